The summed E-state index contributed by atoms with van der Waals surface area (Å²) in [5, 5.41) is 9.61. The number of carbonyl (C=O) groups is 1. The second-order valence-electron chi connectivity index (χ2n) is 3.86. The zero-order chi connectivity index (χ0) is 13.8. The predicted octanol–water partition coefficient (Wildman–Crippen LogP) is 1.94. The fourth-order valence-corrected chi connectivity index (χ4v) is 1.54. The van der Waals surface area contributed by atoms with E-state index in [2.05, 4.69) is 4.98 Å². The molecule has 5 heteroatoms. The third-order valence-corrected chi connectivity index (χ3v) is 2.39. The molecular formula is C14H11NO4. The highest BCUT2D eigenvalue weighted by molar-refractivity contribution is 6.08. The van der Waals surface area contributed by atoms with Crippen molar-refractivity contribution in [3.63, 3.8) is 0 Å². The summed E-state index contributed by atoms with van der Waals surface area (Å²) in [6.45, 7) is 1.51. The summed E-state index contributed by atoms with van der Waals surface area (Å²) in [5.74, 6) is -0.769. The first-order valence-corrected chi connectivity index (χ1v) is 5.55. The maximum Gasteiger partial charge on any atom is 0.351 e. The molecule has 0 saturated heterocycles. The molecule has 0 atom stereocenters. The van der Waals surface area contributed by atoms with Crippen molar-refractivity contribution in [1.29, 1.82) is 0 Å². The normalized spacial score (nSPS) is 10.8. The number of hydrogen-bond acceptors (Lipinski definition) is 5. The standard InChI is InChI=1S/C14H11NO4/c1-9-8-12(17)13(14(18)19-9)11(16)6-5-10-4-2-3-7-15-10/h2-8,17H,1H3. The molecule has 0 saturated carbocycles. The number of aromatic nitrogens is 1. The van der Waals surface area contributed by atoms with Gasteiger partial charge in [-0.25, -0.2) is 4.79 Å². The van der Waals surface area contributed by atoms with E-state index < -0.39 is 11.4 Å². The van der Waals surface area contributed by atoms with Crippen LogP contribution in [0.25, 0.3) is 6.08 Å². The van der Waals surface area contributed by atoms with Crippen molar-refractivity contribution in [1.82, 2.24) is 4.98 Å². The Hall–Kier alpha value is -2.69. The molecule has 5 nitrogen and oxygen atoms in total. The van der Waals surface area contributed by atoms with Crippen LogP contribution in [0.2, 0.25) is 0 Å². The average Bonchev–Trinajstić information content (AvgIpc) is 2.36. The lowest BCUT2D eigenvalue weighted by molar-refractivity contribution is 0.104. The number of rotatable bonds is 3. The summed E-state index contributed by atoms with van der Waals surface area (Å²) >= 11 is 0. The molecule has 0 aliphatic rings. The molecule has 0 spiro atoms. The van der Waals surface area contributed by atoms with Crippen molar-refractivity contribution in [3.05, 3.63) is 64.0 Å². The molecule has 1 N–H and O–H groups in total. The van der Waals surface area contributed by atoms with Gasteiger partial charge in [0.1, 0.15) is 17.1 Å². The smallest absolute Gasteiger partial charge is 0.351 e. The molecule has 0 aliphatic carbocycles. The fourth-order valence-electron chi connectivity index (χ4n) is 1.54. The Morgan fingerprint density at radius 3 is 2.84 bits per heavy atom. The summed E-state index contributed by atoms with van der Waals surface area (Å²) in [6.07, 6.45) is 4.21. The molecule has 0 aliphatic heterocycles. The number of nitrogens with zero attached hydrogens (tertiary/aromatic N) is 1. The van der Waals surface area contributed by atoms with Gasteiger partial charge >= 0.3 is 5.63 Å². The van der Waals surface area contributed by atoms with E-state index in [4.69, 9.17) is 4.42 Å². The van der Waals surface area contributed by atoms with Gasteiger partial charge in [0.2, 0.25) is 0 Å². The van der Waals surface area contributed by atoms with Crippen LogP contribution in [-0.4, -0.2) is 15.9 Å². The van der Waals surface area contributed by atoms with Crippen molar-refractivity contribution < 1.29 is 14.3 Å². The predicted molar refractivity (Wildman–Crippen MR) is 69.0 cm³/mol. The molecule has 0 fully saturated rings. The first kappa shape index (κ1) is 12.8. The Morgan fingerprint density at radius 2 is 2.21 bits per heavy atom. The van der Waals surface area contributed by atoms with Gasteiger partial charge in [0, 0.05) is 12.3 Å². The molecular weight excluding hydrogens is 246 g/mol. The molecule has 0 amide bonds. The first-order valence-electron chi connectivity index (χ1n) is 5.55. The average molecular weight is 257 g/mol. The number of aryl methyl sites for hydroxylation is 1. The van der Waals surface area contributed by atoms with E-state index in [1.54, 1.807) is 24.4 Å². The van der Waals surface area contributed by atoms with E-state index in [9.17, 15) is 14.7 Å². The van der Waals surface area contributed by atoms with Crippen LogP contribution >= 0.6 is 0 Å². The topological polar surface area (TPSA) is 80.4 Å². The maximum atomic E-state index is 11.8. The molecule has 96 valence electrons. The van der Waals surface area contributed by atoms with Gasteiger partial charge in [-0.1, -0.05) is 6.07 Å². The highest BCUT2D eigenvalue weighted by Gasteiger charge is 2.15. The largest absolute Gasteiger partial charge is 0.507 e. The van der Waals surface area contributed by atoms with Gasteiger partial charge in [0.05, 0.1) is 5.69 Å². The highest BCUT2D eigenvalue weighted by atomic mass is 16.4. The summed E-state index contributed by atoms with van der Waals surface area (Å²) in [4.78, 5) is 27.4. The minimum atomic E-state index is -0.854. The lowest BCUT2D eigenvalue weighted by atomic mass is 10.1. The molecule has 0 aromatic carbocycles. The number of pyridine rings is 1. The van der Waals surface area contributed by atoms with E-state index >= 15 is 0 Å². The molecule has 2 rings (SSSR count). The Bertz CT molecular complexity index is 686. The van der Waals surface area contributed by atoms with Crippen LogP contribution in [0.1, 0.15) is 21.8 Å². The number of carbonyl (C=O) groups excluding carboxylic acids is 1. The van der Waals surface area contributed by atoms with E-state index in [1.165, 1.54) is 25.1 Å². The zero-order valence-electron chi connectivity index (χ0n) is 10.2. The molecule has 0 bridgehead atoms. The Kier molecular flexibility index (Phi) is 3.56. The van der Waals surface area contributed by atoms with Crippen molar-refractivity contribution in [2.45, 2.75) is 6.92 Å². The van der Waals surface area contributed by atoms with Crippen molar-refractivity contribution >= 4 is 11.9 Å². The summed E-state index contributed by atoms with van der Waals surface area (Å²) in [5.41, 5.74) is -0.655. The summed E-state index contributed by atoms with van der Waals surface area (Å²) in [6, 6.07) is 6.46. The van der Waals surface area contributed by atoms with Crippen LogP contribution < -0.4 is 5.63 Å². The molecule has 2 aromatic rings. The number of ketones is 1. The van der Waals surface area contributed by atoms with Gasteiger partial charge in [-0.3, -0.25) is 9.78 Å². The molecule has 0 unspecified atom stereocenters. The van der Waals surface area contributed by atoms with Crippen LogP contribution in [0.3, 0.4) is 0 Å². The van der Waals surface area contributed by atoms with Crippen molar-refractivity contribution in [3.8, 4) is 5.75 Å². The van der Waals surface area contributed by atoms with Gasteiger partial charge in [-0.05, 0) is 31.2 Å². The molecule has 19 heavy (non-hydrogen) atoms. The van der Waals surface area contributed by atoms with Crippen molar-refractivity contribution in [2.24, 2.45) is 0 Å². The van der Waals surface area contributed by atoms with Crippen molar-refractivity contribution in [2.75, 3.05) is 0 Å². The van der Waals surface area contributed by atoms with Gasteiger partial charge in [-0.2, -0.15) is 0 Å². The minimum absolute atomic E-state index is 0.243. The Labute approximate surface area is 108 Å². The Morgan fingerprint density at radius 1 is 1.42 bits per heavy atom. The van der Waals surface area contributed by atoms with Crippen LogP contribution in [0.4, 0.5) is 0 Å². The number of allylic oxidation sites excluding steroid dienone is 1. The molecule has 0 radical (unpaired) electrons. The third kappa shape index (κ3) is 2.95. The van der Waals surface area contributed by atoms with Crippen LogP contribution in [-0.2, 0) is 0 Å². The monoisotopic (exact) mass is 257 g/mol. The fraction of sp³-hybridized carbons (Fsp3) is 0.0714. The minimum Gasteiger partial charge on any atom is -0.507 e. The SMILES string of the molecule is Cc1cc(O)c(C(=O)C=Cc2ccccn2)c(=O)o1. The summed E-state index contributed by atoms with van der Waals surface area (Å²) < 4.78 is 4.78. The van der Waals surface area contributed by atoms with Crippen LogP contribution in [0.5, 0.6) is 5.75 Å². The van der Waals surface area contributed by atoms with Gasteiger partial charge in [0.25, 0.3) is 0 Å². The lowest BCUT2D eigenvalue weighted by Gasteiger charge is -1.99. The second kappa shape index (κ2) is 5.30. The number of hydrogen-bond donors (Lipinski definition) is 1. The molecule has 2 heterocycles. The Balaban J connectivity index is 2.31. The second-order valence-corrected chi connectivity index (χ2v) is 3.86. The molecule has 2 aromatic heterocycles. The zero-order valence-corrected chi connectivity index (χ0v) is 10.2. The van der Waals surface area contributed by atoms with Gasteiger partial charge < -0.3 is 9.52 Å². The van der Waals surface area contributed by atoms with E-state index in [0.29, 0.717) is 5.69 Å². The highest BCUT2D eigenvalue weighted by Crippen LogP contribution is 2.15. The quantitative estimate of drug-likeness (QED) is 0.671. The van der Waals surface area contributed by atoms with E-state index in [-0.39, 0.29) is 17.1 Å². The van der Waals surface area contributed by atoms with Crippen LogP contribution in [0, 0.1) is 6.92 Å². The van der Waals surface area contributed by atoms with Gasteiger partial charge in [0.15, 0.2) is 5.78 Å². The number of aromatic hydroxyl groups is 1. The first-order chi connectivity index (χ1) is 9.08. The van der Waals surface area contributed by atoms with Crippen LogP contribution in [0.15, 0.2) is 45.8 Å². The van der Waals surface area contributed by atoms with E-state index in [1.807, 2.05) is 0 Å². The third-order valence-electron chi connectivity index (χ3n) is 2.39. The summed E-state index contributed by atoms with van der Waals surface area (Å²) in [7, 11) is 0. The van der Waals surface area contributed by atoms with E-state index in [0.717, 1.165) is 0 Å². The van der Waals surface area contributed by atoms with Gasteiger partial charge in [-0.15, -0.1) is 0 Å². The lowest BCUT2D eigenvalue weighted by Crippen LogP contribution is -2.12. The maximum absolute atomic E-state index is 11.8.